The van der Waals surface area contributed by atoms with Crippen molar-refractivity contribution in [2.75, 3.05) is 0 Å². The average Bonchev–Trinajstić information content (AvgIpc) is 2.74. The quantitative estimate of drug-likeness (QED) is 0.733. The fraction of sp³-hybridized carbons (Fsp3) is 0.200. The summed E-state index contributed by atoms with van der Waals surface area (Å²) in [6.45, 7) is 2.80. The van der Waals surface area contributed by atoms with E-state index < -0.39 is 0 Å². The Bertz CT molecular complexity index is 505. The molecule has 17 heavy (non-hydrogen) atoms. The molecule has 2 aromatic carbocycles. The third-order valence-electron chi connectivity index (χ3n) is 3.06. The first-order valence-electron chi connectivity index (χ1n) is 5.51. The zero-order chi connectivity index (χ0) is 11.0. The van der Waals surface area contributed by atoms with Crippen molar-refractivity contribution in [3.8, 4) is 0 Å². The first-order valence-corrected chi connectivity index (χ1v) is 5.51. The van der Waals surface area contributed by atoms with Gasteiger partial charge in [-0.15, -0.1) is 11.1 Å². The fourth-order valence-corrected chi connectivity index (χ4v) is 2.14. The van der Waals surface area contributed by atoms with Gasteiger partial charge in [0.25, 0.3) is 0 Å². The van der Waals surface area contributed by atoms with E-state index in [1.165, 1.54) is 22.3 Å². The number of fused-ring (bicyclic) bond motifs is 1. The van der Waals surface area contributed by atoms with Crippen LogP contribution < -0.4 is 0 Å². The minimum atomic E-state index is 0. The Labute approximate surface area is 127 Å². The Balaban J connectivity index is 0.00000108. The van der Waals surface area contributed by atoms with Gasteiger partial charge in [0.15, 0.2) is 0 Å². The van der Waals surface area contributed by atoms with Gasteiger partial charge in [0.05, 0.1) is 6.10 Å². The number of benzene rings is 2. The number of ether oxygens (including phenoxy) is 1. The van der Waals surface area contributed by atoms with Crippen molar-refractivity contribution in [3.63, 3.8) is 0 Å². The molecule has 1 nitrogen and oxygen atoms in total. The number of rotatable bonds is 1. The largest absolute Gasteiger partial charge is 3.00 e. The van der Waals surface area contributed by atoms with Gasteiger partial charge in [-0.3, -0.25) is 0 Å². The van der Waals surface area contributed by atoms with Crippen molar-refractivity contribution in [3.05, 3.63) is 70.8 Å². The van der Waals surface area contributed by atoms with E-state index in [1.807, 2.05) is 12.1 Å². The first-order chi connectivity index (χ1) is 7.84. The van der Waals surface area contributed by atoms with Crippen LogP contribution in [-0.4, -0.2) is 0 Å². The molecule has 1 heterocycles. The van der Waals surface area contributed by atoms with Gasteiger partial charge in [-0.2, -0.15) is 24.3 Å². The second-order valence-corrected chi connectivity index (χ2v) is 4.23. The Kier molecular flexibility index (Phi) is 4.14. The third kappa shape index (κ3) is 2.52. The molecule has 3 rings (SSSR count). The molecule has 1 unspecified atom stereocenters. The van der Waals surface area contributed by atoms with Crippen molar-refractivity contribution in [2.24, 2.45) is 0 Å². The van der Waals surface area contributed by atoms with Crippen LogP contribution in [0.3, 0.4) is 0 Å². The zero-order valence-corrected chi connectivity index (χ0v) is 12.6. The molecule has 1 atom stereocenters. The van der Waals surface area contributed by atoms with E-state index in [-0.39, 0.29) is 38.8 Å². The van der Waals surface area contributed by atoms with E-state index in [9.17, 15) is 0 Å². The van der Waals surface area contributed by atoms with Crippen LogP contribution in [0.1, 0.15) is 28.4 Å². The number of aryl methyl sites for hydroxylation is 1. The van der Waals surface area contributed by atoms with Gasteiger partial charge >= 0.3 is 32.7 Å². The van der Waals surface area contributed by atoms with Gasteiger partial charge in [-0.1, -0.05) is 29.8 Å². The first kappa shape index (κ1) is 12.9. The maximum absolute atomic E-state index is 5.83. The standard InChI is InChI=1S/C15H13O.Y/c1-11-6-8-12(9-7-11)15-14-5-3-2-4-13(14)10-16-15;/h3-9,15H,10H2,1H3;/q-1;+3. The normalized spacial score (nSPS) is 17.4. The molecular formula is C15H13OY+2. The molecular weight excluding hydrogens is 285 g/mol. The summed E-state index contributed by atoms with van der Waals surface area (Å²) in [7, 11) is 0. The molecule has 1 aliphatic heterocycles. The molecule has 0 N–H and O–H groups in total. The summed E-state index contributed by atoms with van der Waals surface area (Å²) in [6.07, 6.45) is 0.102. The molecule has 0 bridgehead atoms. The summed E-state index contributed by atoms with van der Waals surface area (Å²) >= 11 is 0. The van der Waals surface area contributed by atoms with Crippen molar-refractivity contribution in [2.45, 2.75) is 19.6 Å². The van der Waals surface area contributed by atoms with E-state index in [0.717, 1.165) is 0 Å². The van der Waals surface area contributed by atoms with Gasteiger partial charge < -0.3 is 4.74 Å². The second kappa shape index (κ2) is 5.43. The van der Waals surface area contributed by atoms with Gasteiger partial charge in [0, 0.05) is 6.61 Å². The molecule has 0 aromatic heterocycles. The topological polar surface area (TPSA) is 9.23 Å². The fourth-order valence-electron chi connectivity index (χ4n) is 2.14. The Morgan fingerprint density at radius 3 is 2.71 bits per heavy atom. The van der Waals surface area contributed by atoms with E-state index in [4.69, 9.17) is 4.74 Å². The summed E-state index contributed by atoms with van der Waals surface area (Å²) in [5.74, 6) is 0. The minimum absolute atomic E-state index is 0. The van der Waals surface area contributed by atoms with Crippen LogP contribution in [0.4, 0.5) is 0 Å². The predicted octanol–water partition coefficient (Wildman–Crippen LogP) is 3.41. The summed E-state index contributed by atoms with van der Waals surface area (Å²) in [6, 6.07) is 17.7. The molecule has 0 saturated heterocycles. The van der Waals surface area contributed by atoms with Crippen LogP contribution in [-0.2, 0) is 44.1 Å². The smallest absolute Gasteiger partial charge is 0.379 e. The van der Waals surface area contributed by atoms with Crippen LogP contribution >= 0.6 is 0 Å². The molecule has 0 spiro atoms. The van der Waals surface area contributed by atoms with Crippen LogP contribution in [0.15, 0.2) is 42.5 Å². The summed E-state index contributed by atoms with van der Waals surface area (Å²) in [5, 5.41) is 0. The Hall–Kier alpha value is -0.496. The SMILES string of the molecule is Cc1ccc(C2OCc3c[c-]ccc32)cc1.[Y+3]. The van der Waals surface area contributed by atoms with Gasteiger partial charge in [-0.25, -0.2) is 0 Å². The summed E-state index contributed by atoms with van der Waals surface area (Å²) in [4.78, 5) is 0. The van der Waals surface area contributed by atoms with Gasteiger partial charge in [-0.05, 0) is 12.5 Å². The third-order valence-corrected chi connectivity index (χ3v) is 3.06. The molecule has 0 fully saturated rings. The van der Waals surface area contributed by atoms with Crippen molar-refractivity contribution in [1.29, 1.82) is 0 Å². The van der Waals surface area contributed by atoms with E-state index in [1.54, 1.807) is 0 Å². The average molecular weight is 298 g/mol. The molecule has 0 radical (unpaired) electrons. The Morgan fingerprint density at radius 2 is 1.94 bits per heavy atom. The van der Waals surface area contributed by atoms with E-state index in [0.29, 0.717) is 6.61 Å². The number of hydrogen-bond donors (Lipinski definition) is 0. The van der Waals surface area contributed by atoms with Crippen LogP contribution in [0.2, 0.25) is 0 Å². The summed E-state index contributed by atoms with van der Waals surface area (Å²) < 4.78 is 5.83. The Morgan fingerprint density at radius 1 is 1.18 bits per heavy atom. The van der Waals surface area contributed by atoms with Crippen LogP contribution in [0.25, 0.3) is 0 Å². The zero-order valence-electron chi connectivity index (χ0n) is 9.81. The van der Waals surface area contributed by atoms with Gasteiger partial charge in [0.2, 0.25) is 0 Å². The van der Waals surface area contributed by atoms with E-state index in [2.05, 4.69) is 43.3 Å². The maximum Gasteiger partial charge on any atom is 3.00 e. The van der Waals surface area contributed by atoms with Crippen LogP contribution in [0.5, 0.6) is 0 Å². The predicted molar refractivity (Wildman–Crippen MR) is 63.1 cm³/mol. The molecule has 0 aliphatic carbocycles. The molecule has 0 amide bonds. The monoisotopic (exact) mass is 298 g/mol. The minimum Gasteiger partial charge on any atom is -0.379 e. The van der Waals surface area contributed by atoms with Gasteiger partial charge in [0.1, 0.15) is 0 Å². The van der Waals surface area contributed by atoms with E-state index >= 15 is 0 Å². The second-order valence-electron chi connectivity index (χ2n) is 4.23. The molecule has 2 aromatic rings. The van der Waals surface area contributed by atoms with Crippen LogP contribution in [0, 0.1) is 13.0 Å². The molecule has 0 saturated carbocycles. The van der Waals surface area contributed by atoms with Crippen molar-refractivity contribution >= 4 is 0 Å². The molecule has 1 aliphatic rings. The summed E-state index contributed by atoms with van der Waals surface area (Å²) in [5.41, 5.74) is 5.05. The van der Waals surface area contributed by atoms with Crippen molar-refractivity contribution < 1.29 is 37.4 Å². The maximum atomic E-state index is 5.83. The number of hydrogen-bond acceptors (Lipinski definition) is 1. The molecule has 80 valence electrons. The van der Waals surface area contributed by atoms with Crippen molar-refractivity contribution in [1.82, 2.24) is 0 Å². The molecule has 2 heteroatoms.